The lowest BCUT2D eigenvalue weighted by molar-refractivity contribution is -0.141. The number of halogens is 3. The van der Waals surface area contributed by atoms with Gasteiger partial charge >= 0.3 is 6.18 Å². The Balaban J connectivity index is 2.36. The van der Waals surface area contributed by atoms with Gasteiger partial charge in [-0.2, -0.15) is 18.3 Å². The quantitative estimate of drug-likeness (QED) is 0.795. The fraction of sp³-hybridized carbons (Fsp3) is 0.125. The maximum atomic E-state index is 12.2. The lowest BCUT2D eigenvalue weighted by Gasteiger charge is -1.99. The third-order valence-corrected chi connectivity index (χ3v) is 2.70. The van der Waals surface area contributed by atoms with Crippen LogP contribution in [0.5, 0.6) is 0 Å². The van der Waals surface area contributed by atoms with Gasteiger partial charge in [0.1, 0.15) is 11.4 Å². The predicted octanol–water partition coefficient (Wildman–Crippen LogP) is 2.74. The molecule has 0 aliphatic carbocycles. The average molecular weight is 233 g/mol. The van der Waals surface area contributed by atoms with Crippen LogP contribution in [-0.2, 0) is 6.18 Å². The first-order valence-corrected chi connectivity index (χ1v) is 4.77. The second kappa shape index (κ2) is 3.27. The van der Waals surface area contributed by atoms with Crippen LogP contribution in [-0.4, -0.2) is 10.2 Å². The number of rotatable bonds is 1. The van der Waals surface area contributed by atoms with Crippen molar-refractivity contribution in [2.75, 3.05) is 5.73 Å². The molecule has 0 saturated heterocycles. The number of nitrogens with one attached hydrogen (secondary N) is 1. The molecule has 0 aliphatic heterocycles. The summed E-state index contributed by atoms with van der Waals surface area (Å²) in [4.78, 5) is 0.610. The van der Waals surface area contributed by atoms with E-state index in [2.05, 4.69) is 5.10 Å². The highest BCUT2D eigenvalue weighted by Crippen LogP contribution is 2.33. The Labute approximate surface area is 86.7 Å². The molecule has 0 aliphatic rings. The number of H-pyrrole nitrogens is 1. The first kappa shape index (κ1) is 10.0. The Hall–Kier alpha value is -1.50. The van der Waals surface area contributed by atoms with Crippen LogP contribution in [0, 0.1) is 0 Å². The Bertz CT molecular complexity index is 471. The lowest BCUT2D eigenvalue weighted by atomic mass is 10.3. The number of hydrogen-bond acceptors (Lipinski definition) is 3. The third-order valence-electron chi connectivity index (χ3n) is 1.76. The second-order valence-corrected chi connectivity index (χ2v) is 3.98. The summed E-state index contributed by atoms with van der Waals surface area (Å²) in [7, 11) is 0. The molecule has 0 radical (unpaired) electrons. The van der Waals surface area contributed by atoms with Crippen molar-refractivity contribution in [3.8, 4) is 10.6 Å². The molecule has 0 saturated carbocycles. The van der Waals surface area contributed by atoms with E-state index in [0.29, 0.717) is 9.88 Å². The molecular formula is C8H6F3N3S. The number of thiophene rings is 1. The van der Waals surface area contributed by atoms with E-state index in [0.717, 1.165) is 6.07 Å². The first-order chi connectivity index (χ1) is 6.97. The van der Waals surface area contributed by atoms with E-state index < -0.39 is 11.9 Å². The molecule has 2 aromatic heterocycles. The van der Waals surface area contributed by atoms with E-state index in [-0.39, 0.29) is 5.69 Å². The number of hydrogen-bond donors (Lipinski definition) is 2. The van der Waals surface area contributed by atoms with Gasteiger partial charge in [-0.25, -0.2) is 0 Å². The summed E-state index contributed by atoms with van der Waals surface area (Å²) in [6.07, 6.45) is -4.39. The van der Waals surface area contributed by atoms with Crippen LogP contribution < -0.4 is 5.73 Å². The van der Waals surface area contributed by atoms with Crippen molar-refractivity contribution in [3.63, 3.8) is 0 Å². The molecule has 0 spiro atoms. The number of nitrogens with two attached hydrogens (primary N) is 1. The normalized spacial score (nSPS) is 11.9. The molecule has 15 heavy (non-hydrogen) atoms. The van der Waals surface area contributed by atoms with Gasteiger partial charge in [0.2, 0.25) is 0 Å². The number of nitrogen functional groups attached to an aromatic ring is 1. The molecule has 0 aromatic carbocycles. The van der Waals surface area contributed by atoms with E-state index in [4.69, 9.17) is 5.73 Å². The van der Waals surface area contributed by atoms with Crippen molar-refractivity contribution >= 4 is 16.3 Å². The van der Waals surface area contributed by atoms with Gasteiger partial charge in [0.15, 0.2) is 0 Å². The van der Waals surface area contributed by atoms with Crippen LogP contribution in [0.25, 0.3) is 10.6 Å². The smallest absolute Gasteiger partial charge is 0.391 e. The molecule has 3 N–H and O–H groups in total. The molecule has 2 aromatic rings. The van der Waals surface area contributed by atoms with Crippen molar-refractivity contribution in [2.45, 2.75) is 6.18 Å². The van der Waals surface area contributed by atoms with Crippen LogP contribution in [0.1, 0.15) is 5.69 Å². The van der Waals surface area contributed by atoms with E-state index in [9.17, 15) is 13.2 Å². The first-order valence-electron chi connectivity index (χ1n) is 3.95. The Morgan fingerprint density at radius 1 is 1.33 bits per heavy atom. The topological polar surface area (TPSA) is 54.7 Å². The van der Waals surface area contributed by atoms with Crippen molar-refractivity contribution < 1.29 is 13.2 Å². The number of anilines is 1. The summed E-state index contributed by atoms with van der Waals surface area (Å²) in [5.41, 5.74) is 4.86. The maximum Gasteiger partial charge on any atom is 0.432 e. The molecule has 7 heteroatoms. The highest BCUT2D eigenvalue weighted by atomic mass is 32.1. The van der Waals surface area contributed by atoms with Crippen LogP contribution in [0.2, 0.25) is 0 Å². The summed E-state index contributed by atoms with van der Waals surface area (Å²) < 4.78 is 36.7. The van der Waals surface area contributed by atoms with Crippen LogP contribution in [0.4, 0.5) is 18.2 Å². The Morgan fingerprint density at radius 2 is 2.07 bits per heavy atom. The zero-order valence-corrected chi connectivity index (χ0v) is 8.12. The highest BCUT2D eigenvalue weighted by Gasteiger charge is 2.33. The van der Waals surface area contributed by atoms with Crippen molar-refractivity contribution in [1.82, 2.24) is 10.2 Å². The van der Waals surface area contributed by atoms with Gasteiger partial charge in [0.05, 0.1) is 9.88 Å². The number of alkyl halides is 3. The van der Waals surface area contributed by atoms with Gasteiger partial charge in [0, 0.05) is 0 Å². The van der Waals surface area contributed by atoms with Gasteiger partial charge in [-0.3, -0.25) is 5.10 Å². The predicted molar refractivity (Wildman–Crippen MR) is 51.3 cm³/mol. The minimum Gasteiger partial charge on any atom is -0.391 e. The molecule has 0 fully saturated rings. The largest absolute Gasteiger partial charge is 0.432 e. The summed E-state index contributed by atoms with van der Waals surface area (Å²) >= 11 is 1.19. The van der Waals surface area contributed by atoms with E-state index >= 15 is 0 Å². The summed E-state index contributed by atoms with van der Waals surface area (Å²) in [5.74, 6) is 0. The molecule has 0 bridgehead atoms. The van der Waals surface area contributed by atoms with Gasteiger partial charge in [-0.15, -0.1) is 11.3 Å². The zero-order chi connectivity index (χ0) is 11.1. The average Bonchev–Trinajstić information content (AvgIpc) is 2.69. The maximum absolute atomic E-state index is 12.2. The second-order valence-electron chi connectivity index (χ2n) is 2.87. The summed E-state index contributed by atoms with van der Waals surface area (Å²) in [6, 6.07) is 4.23. The van der Waals surface area contributed by atoms with E-state index in [1.807, 2.05) is 5.10 Å². The fourth-order valence-electron chi connectivity index (χ4n) is 1.08. The Kier molecular flexibility index (Phi) is 2.18. The van der Waals surface area contributed by atoms with Crippen molar-refractivity contribution in [1.29, 1.82) is 0 Å². The van der Waals surface area contributed by atoms with Crippen LogP contribution >= 0.6 is 11.3 Å². The van der Waals surface area contributed by atoms with E-state index in [1.165, 1.54) is 11.3 Å². The summed E-state index contributed by atoms with van der Waals surface area (Å²) in [5, 5.41) is 6.06. The molecule has 80 valence electrons. The molecule has 0 atom stereocenters. The van der Waals surface area contributed by atoms with Crippen LogP contribution in [0.15, 0.2) is 18.2 Å². The fourth-order valence-corrected chi connectivity index (χ4v) is 1.82. The third kappa shape index (κ3) is 1.96. The molecule has 0 unspecified atom stereocenters. The SMILES string of the molecule is Nc1ccc(-c2cc(C(F)(F)F)[nH]n2)s1. The molecular weight excluding hydrogens is 227 g/mol. The molecule has 3 nitrogen and oxygen atoms in total. The van der Waals surface area contributed by atoms with Crippen molar-refractivity contribution in [3.05, 3.63) is 23.9 Å². The molecule has 2 heterocycles. The zero-order valence-electron chi connectivity index (χ0n) is 7.30. The van der Waals surface area contributed by atoms with Gasteiger partial charge < -0.3 is 5.73 Å². The standard InChI is InChI=1S/C8H6F3N3S/c9-8(10,11)6-3-4(13-14-6)5-1-2-7(12)15-5/h1-3H,12H2,(H,13,14). The van der Waals surface area contributed by atoms with E-state index in [1.54, 1.807) is 12.1 Å². The molecule has 0 amide bonds. The monoisotopic (exact) mass is 233 g/mol. The number of aromatic nitrogens is 2. The minimum atomic E-state index is -4.39. The van der Waals surface area contributed by atoms with Crippen LogP contribution in [0.3, 0.4) is 0 Å². The lowest BCUT2D eigenvalue weighted by Crippen LogP contribution is -2.04. The van der Waals surface area contributed by atoms with Gasteiger partial charge in [-0.05, 0) is 18.2 Å². The summed E-state index contributed by atoms with van der Waals surface area (Å²) in [6.45, 7) is 0. The number of aromatic amines is 1. The van der Waals surface area contributed by atoms with Crippen molar-refractivity contribution in [2.24, 2.45) is 0 Å². The highest BCUT2D eigenvalue weighted by molar-refractivity contribution is 7.19. The van der Waals surface area contributed by atoms with Gasteiger partial charge in [-0.1, -0.05) is 0 Å². The minimum absolute atomic E-state index is 0.254. The molecule has 2 rings (SSSR count). The number of nitrogens with zero attached hydrogens (tertiary/aromatic N) is 1. The van der Waals surface area contributed by atoms with Gasteiger partial charge in [0.25, 0.3) is 0 Å². The Morgan fingerprint density at radius 3 is 2.53 bits per heavy atom.